The van der Waals surface area contributed by atoms with Crippen LogP contribution in [0.4, 0.5) is 0 Å². The molecule has 146 valence electrons. The molecule has 5 rings (SSSR count). The molecule has 1 unspecified atom stereocenters. The summed E-state index contributed by atoms with van der Waals surface area (Å²) >= 11 is 0. The molecule has 1 amide bonds. The molecule has 1 atom stereocenters. The molecule has 0 aliphatic carbocycles. The van der Waals surface area contributed by atoms with Crippen molar-refractivity contribution >= 4 is 27.8 Å². The molecule has 1 saturated heterocycles. The Balaban J connectivity index is 1.34. The molecule has 1 aliphatic heterocycles. The predicted octanol–water partition coefficient (Wildman–Crippen LogP) is 2.42. The number of benzene rings is 2. The van der Waals surface area contributed by atoms with E-state index in [1.165, 1.54) is 4.68 Å². The third kappa shape index (κ3) is 3.16. The summed E-state index contributed by atoms with van der Waals surface area (Å²) in [6.07, 6.45) is 2.01. The van der Waals surface area contributed by atoms with Crippen molar-refractivity contribution in [2.45, 2.75) is 31.8 Å². The number of aromatic nitrogens is 5. The number of imidazole rings is 1. The third-order valence-corrected chi connectivity index (χ3v) is 5.46. The number of aromatic amines is 1. The Morgan fingerprint density at radius 3 is 2.76 bits per heavy atom. The maximum absolute atomic E-state index is 12.9. The number of amides is 1. The van der Waals surface area contributed by atoms with Gasteiger partial charge in [0.2, 0.25) is 5.91 Å². The van der Waals surface area contributed by atoms with E-state index in [0.717, 1.165) is 29.7 Å². The van der Waals surface area contributed by atoms with Gasteiger partial charge < -0.3 is 9.88 Å². The van der Waals surface area contributed by atoms with Crippen LogP contribution in [0.25, 0.3) is 21.9 Å². The van der Waals surface area contributed by atoms with E-state index in [2.05, 4.69) is 20.3 Å². The van der Waals surface area contributed by atoms with Gasteiger partial charge in [0, 0.05) is 13.0 Å². The zero-order chi connectivity index (χ0) is 19.8. The van der Waals surface area contributed by atoms with Gasteiger partial charge in [-0.2, -0.15) is 0 Å². The fraction of sp³-hybridized carbons (Fsp3) is 0.286. The predicted molar refractivity (Wildman–Crippen MR) is 108 cm³/mol. The number of para-hydroxylation sites is 2. The summed E-state index contributed by atoms with van der Waals surface area (Å²) in [4.78, 5) is 35.3. The van der Waals surface area contributed by atoms with E-state index in [1.807, 2.05) is 35.2 Å². The second kappa shape index (κ2) is 7.12. The molecule has 8 nitrogen and oxygen atoms in total. The number of likely N-dealkylation sites (tertiary alicyclic amines) is 1. The SMILES string of the molecule is O=C(CCn1nnc2ccccc2c1=O)N1CCCC1c1nc2ccccc2[nH]1. The maximum Gasteiger partial charge on any atom is 0.277 e. The molecular weight excluding hydrogens is 368 g/mol. The standard InChI is InChI=1S/C21H20N6O2/c28-19(11-13-27-21(29)14-6-1-2-7-15(14)24-25-27)26-12-5-10-18(26)20-22-16-8-3-4-9-17(16)23-20/h1-4,6-9,18H,5,10-13H2,(H,22,23). The van der Waals surface area contributed by atoms with Crippen molar-refractivity contribution in [2.24, 2.45) is 0 Å². The summed E-state index contributed by atoms with van der Waals surface area (Å²) in [5.74, 6) is 0.814. The van der Waals surface area contributed by atoms with Crippen LogP contribution in [0.2, 0.25) is 0 Å². The van der Waals surface area contributed by atoms with E-state index >= 15 is 0 Å². The van der Waals surface area contributed by atoms with Crippen molar-refractivity contribution < 1.29 is 4.79 Å². The molecule has 8 heteroatoms. The molecule has 0 bridgehead atoms. The van der Waals surface area contributed by atoms with Gasteiger partial charge in [-0.1, -0.05) is 29.5 Å². The molecule has 1 aliphatic rings. The van der Waals surface area contributed by atoms with Gasteiger partial charge in [-0.05, 0) is 37.1 Å². The third-order valence-electron chi connectivity index (χ3n) is 5.46. The van der Waals surface area contributed by atoms with Crippen LogP contribution in [-0.4, -0.2) is 42.3 Å². The quantitative estimate of drug-likeness (QED) is 0.579. The molecule has 0 saturated carbocycles. The summed E-state index contributed by atoms with van der Waals surface area (Å²) in [6, 6.07) is 14.9. The fourth-order valence-corrected chi connectivity index (χ4v) is 3.99. The van der Waals surface area contributed by atoms with Crippen LogP contribution < -0.4 is 5.56 Å². The fourth-order valence-electron chi connectivity index (χ4n) is 3.99. The zero-order valence-corrected chi connectivity index (χ0v) is 15.8. The van der Waals surface area contributed by atoms with Crippen LogP contribution in [0.5, 0.6) is 0 Å². The van der Waals surface area contributed by atoms with Gasteiger partial charge in [-0.25, -0.2) is 9.67 Å². The molecule has 0 spiro atoms. The molecule has 1 fully saturated rings. The number of aryl methyl sites for hydroxylation is 1. The van der Waals surface area contributed by atoms with Crippen LogP contribution in [0.15, 0.2) is 53.3 Å². The number of hydrogen-bond donors (Lipinski definition) is 1. The number of carbonyl (C=O) groups is 1. The lowest BCUT2D eigenvalue weighted by molar-refractivity contribution is -0.132. The topological polar surface area (TPSA) is 96.8 Å². The first-order valence-electron chi connectivity index (χ1n) is 9.77. The number of nitrogens with one attached hydrogen (secondary N) is 1. The minimum Gasteiger partial charge on any atom is -0.340 e. The molecule has 2 aromatic heterocycles. The van der Waals surface area contributed by atoms with Crippen LogP contribution >= 0.6 is 0 Å². The van der Waals surface area contributed by atoms with Gasteiger partial charge in [-0.15, -0.1) is 5.10 Å². The van der Waals surface area contributed by atoms with Crippen LogP contribution in [0.1, 0.15) is 31.1 Å². The summed E-state index contributed by atoms with van der Waals surface area (Å²) in [7, 11) is 0. The normalized spacial score (nSPS) is 16.7. The average molecular weight is 388 g/mol. The zero-order valence-electron chi connectivity index (χ0n) is 15.8. The van der Waals surface area contributed by atoms with E-state index in [4.69, 9.17) is 0 Å². The van der Waals surface area contributed by atoms with Crippen molar-refractivity contribution in [3.8, 4) is 0 Å². The second-order valence-corrected chi connectivity index (χ2v) is 7.27. The number of hydrogen-bond acceptors (Lipinski definition) is 5. The highest BCUT2D eigenvalue weighted by atomic mass is 16.2. The van der Waals surface area contributed by atoms with Gasteiger partial charge in [0.05, 0.1) is 29.0 Å². The Labute approximate surface area is 166 Å². The van der Waals surface area contributed by atoms with E-state index < -0.39 is 0 Å². The van der Waals surface area contributed by atoms with Crippen molar-refractivity contribution in [3.63, 3.8) is 0 Å². The molecule has 1 N–H and O–H groups in total. The van der Waals surface area contributed by atoms with E-state index in [1.54, 1.807) is 18.2 Å². The Morgan fingerprint density at radius 2 is 1.90 bits per heavy atom. The van der Waals surface area contributed by atoms with Crippen LogP contribution in [0, 0.1) is 0 Å². The van der Waals surface area contributed by atoms with Gasteiger partial charge in [0.25, 0.3) is 5.56 Å². The van der Waals surface area contributed by atoms with Gasteiger partial charge in [0.15, 0.2) is 0 Å². The number of nitrogens with zero attached hydrogens (tertiary/aromatic N) is 5. The number of H-pyrrole nitrogens is 1. The number of fused-ring (bicyclic) bond motifs is 2. The highest BCUT2D eigenvalue weighted by Gasteiger charge is 2.31. The highest BCUT2D eigenvalue weighted by Crippen LogP contribution is 2.31. The van der Waals surface area contributed by atoms with Crippen LogP contribution in [-0.2, 0) is 11.3 Å². The largest absolute Gasteiger partial charge is 0.340 e. The summed E-state index contributed by atoms with van der Waals surface area (Å²) in [5.41, 5.74) is 2.21. The van der Waals surface area contributed by atoms with E-state index in [0.29, 0.717) is 17.4 Å². The minimum atomic E-state index is -0.223. The lowest BCUT2D eigenvalue weighted by Crippen LogP contribution is -2.33. The smallest absolute Gasteiger partial charge is 0.277 e. The molecule has 0 radical (unpaired) electrons. The first-order chi connectivity index (χ1) is 14.2. The summed E-state index contributed by atoms with van der Waals surface area (Å²) < 4.78 is 1.27. The summed E-state index contributed by atoms with van der Waals surface area (Å²) in [5, 5.41) is 8.56. The van der Waals surface area contributed by atoms with E-state index in [-0.39, 0.29) is 30.5 Å². The minimum absolute atomic E-state index is 0.00480. The molecule has 3 heterocycles. The van der Waals surface area contributed by atoms with Crippen molar-refractivity contribution in [1.82, 2.24) is 29.9 Å². The second-order valence-electron chi connectivity index (χ2n) is 7.27. The lowest BCUT2D eigenvalue weighted by Gasteiger charge is -2.23. The van der Waals surface area contributed by atoms with Crippen molar-refractivity contribution in [1.29, 1.82) is 0 Å². The van der Waals surface area contributed by atoms with Gasteiger partial charge in [0.1, 0.15) is 11.3 Å². The van der Waals surface area contributed by atoms with E-state index in [9.17, 15) is 9.59 Å². The van der Waals surface area contributed by atoms with Gasteiger partial charge >= 0.3 is 0 Å². The summed E-state index contributed by atoms with van der Waals surface area (Å²) in [6.45, 7) is 0.900. The van der Waals surface area contributed by atoms with Crippen LogP contribution in [0.3, 0.4) is 0 Å². The monoisotopic (exact) mass is 388 g/mol. The van der Waals surface area contributed by atoms with Crippen molar-refractivity contribution in [3.05, 3.63) is 64.7 Å². The Kier molecular flexibility index (Phi) is 4.31. The lowest BCUT2D eigenvalue weighted by atomic mass is 10.2. The Hall–Kier alpha value is -3.55. The van der Waals surface area contributed by atoms with Gasteiger partial charge in [-0.3, -0.25) is 9.59 Å². The number of rotatable bonds is 4. The first-order valence-corrected chi connectivity index (χ1v) is 9.77. The highest BCUT2D eigenvalue weighted by molar-refractivity contribution is 5.78. The maximum atomic E-state index is 12.9. The average Bonchev–Trinajstić information content (AvgIpc) is 3.40. The molecule has 2 aromatic carbocycles. The molecular formula is C21H20N6O2. The van der Waals surface area contributed by atoms with Crippen molar-refractivity contribution in [2.75, 3.05) is 6.54 Å². The Bertz CT molecular complexity index is 1230. The molecule has 4 aromatic rings. The number of carbonyl (C=O) groups excluding carboxylic acids is 1. The Morgan fingerprint density at radius 1 is 1.10 bits per heavy atom. The first kappa shape index (κ1) is 17.5. The molecule has 29 heavy (non-hydrogen) atoms.